The highest BCUT2D eigenvalue weighted by Gasteiger charge is 2.16. The molecule has 1 atom stereocenters. The van der Waals surface area contributed by atoms with E-state index in [1.165, 1.54) is 0 Å². The summed E-state index contributed by atoms with van der Waals surface area (Å²) in [4.78, 5) is 22.2. The van der Waals surface area contributed by atoms with Crippen molar-refractivity contribution in [3.8, 4) is 0 Å². The summed E-state index contributed by atoms with van der Waals surface area (Å²) in [5.74, 6) is -2.56. The summed E-state index contributed by atoms with van der Waals surface area (Å²) < 4.78 is 4.73. The van der Waals surface area contributed by atoms with Crippen LogP contribution in [-0.2, 0) is 20.7 Å². The molecule has 0 fully saturated rings. The van der Waals surface area contributed by atoms with Crippen LogP contribution < -0.4 is 5.11 Å². The molecule has 1 aromatic rings. The normalized spacial score (nSPS) is 11.8. The lowest BCUT2D eigenvalue weighted by molar-refractivity contribution is -0.311. The molecule has 0 unspecified atom stereocenters. The Kier molecular flexibility index (Phi) is 5.20. The second-order valence-electron chi connectivity index (χ2n) is 3.71. The SMILES string of the molecule is CCOC(=O)C[C@@H](Cc1ccccc1)C(=O)[O-]. The Morgan fingerprint density at radius 1 is 1.29 bits per heavy atom. The molecule has 4 heteroatoms. The molecule has 0 heterocycles. The second-order valence-corrected chi connectivity index (χ2v) is 3.71. The van der Waals surface area contributed by atoms with Gasteiger partial charge in [0.2, 0.25) is 0 Å². The van der Waals surface area contributed by atoms with Crippen molar-refractivity contribution in [3.05, 3.63) is 35.9 Å². The van der Waals surface area contributed by atoms with Gasteiger partial charge in [-0.25, -0.2) is 0 Å². The Morgan fingerprint density at radius 2 is 1.94 bits per heavy atom. The van der Waals surface area contributed by atoms with Gasteiger partial charge in [-0.3, -0.25) is 4.79 Å². The van der Waals surface area contributed by atoms with E-state index in [1.807, 2.05) is 30.3 Å². The molecule has 0 saturated carbocycles. The van der Waals surface area contributed by atoms with Crippen molar-refractivity contribution >= 4 is 11.9 Å². The van der Waals surface area contributed by atoms with Crippen molar-refractivity contribution in [2.45, 2.75) is 19.8 Å². The Labute approximate surface area is 100 Å². The minimum Gasteiger partial charge on any atom is -0.550 e. The molecule has 0 saturated heterocycles. The molecule has 0 radical (unpaired) electrons. The van der Waals surface area contributed by atoms with E-state index < -0.39 is 17.9 Å². The van der Waals surface area contributed by atoms with Gasteiger partial charge in [0.25, 0.3) is 0 Å². The maximum atomic E-state index is 11.2. The first-order chi connectivity index (χ1) is 8.13. The van der Waals surface area contributed by atoms with E-state index in [-0.39, 0.29) is 19.4 Å². The van der Waals surface area contributed by atoms with Gasteiger partial charge in [-0.1, -0.05) is 30.3 Å². The van der Waals surface area contributed by atoms with Gasteiger partial charge in [0.1, 0.15) is 0 Å². The summed E-state index contributed by atoms with van der Waals surface area (Å²) in [6.45, 7) is 1.94. The molecule has 4 nitrogen and oxygen atoms in total. The zero-order chi connectivity index (χ0) is 12.7. The van der Waals surface area contributed by atoms with Gasteiger partial charge in [-0.05, 0) is 18.9 Å². The van der Waals surface area contributed by atoms with Gasteiger partial charge >= 0.3 is 5.97 Å². The van der Waals surface area contributed by atoms with Crippen molar-refractivity contribution in [2.75, 3.05) is 6.61 Å². The third kappa shape index (κ3) is 4.68. The zero-order valence-corrected chi connectivity index (χ0v) is 9.72. The van der Waals surface area contributed by atoms with Gasteiger partial charge in [-0.2, -0.15) is 0 Å². The fourth-order valence-corrected chi connectivity index (χ4v) is 1.56. The molecule has 0 spiro atoms. The minimum absolute atomic E-state index is 0.148. The van der Waals surface area contributed by atoms with Crippen LogP contribution >= 0.6 is 0 Å². The van der Waals surface area contributed by atoms with Crippen molar-refractivity contribution in [1.29, 1.82) is 0 Å². The quantitative estimate of drug-likeness (QED) is 0.675. The first-order valence-corrected chi connectivity index (χ1v) is 5.54. The smallest absolute Gasteiger partial charge is 0.306 e. The largest absolute Gasteiger partial charge is 0.550 e. The van der Waals surface area contributed by atoms with E-state index in [0.717, 1.165) is 5.56 Å². The lowest BCUT2D eigenvalue weighted by Crippen LogP contribution is -2.34. The van der Waals surface area contributed by atoms with Crippen LogP contribution in [0.15, 0.2) is 30.3 Å². The number of ether oxygens (including phenoxy) is 1. The van der Waals surface area contributed by atoms with Crippen LogP contribution in [0.25, 0.3) is 0 Å². The number of carboxylic acids is 1. The average Bonchev–Trinajstić information content (AvgIpc) is 2.29. The molecule has 1 aromatic carbocycles. The topological polar surface area (TPSA) is 66.4 Å². The maximum absolute atomic E-state index is 11.2. The molecule has 0 aliphatic rings. The van der Waals surface area contributed by atoms with E-state index >= 15 is 0 Å². The maximum Gasteiger partial charge on any atom is 0.306 e. The third-order valence-electron chi connectivity index (χ3n) is 2.38. The molecule has 17 heavy (non-hydrogen) atoms. The highest BCUT2D eigenvalue weighted by molar-refractivity contribution is 5.77. The summed E-state index contributed by atoms with van der Waals surface area (Å²) >= 11 is 0. The fourth-order valence-electron chi connectivity index (χ4n) is 1.56. The van der Waals surface area contributed by atoms with E-state index in [9.17, 15) is 14.7 Å². The number of carbonyl (C=O) groups is 2. The lowest BCUT2D eigenvalue weighted by atomic mass is 9.96. The minimum atomic E-state index is -1.22. The highest BCUT2D eigenvalue weighted by Crippen LogP contribution is 2.12. The van der Waals surface area contributed by atoms with Gasteiger partial charge < -0.3 is 14.6 Å². The molecule has 0 amide bonds. The molecule has 0 aromatic heterocycles. The van der Waals surface area contributed by atoms with Crippen LogP contribution in [0.2, 0.25) is 0 Å². The number of esters is 1. The van der Waals surface area contributed by atoms with E-state index in [0.29, 0.717) is 0 Å². The highest BCUT2D eigenvalue weighted by atomic mass is 16.5. The van der Waals surface area contributed by atoms with Crippen molar-refractivity contribution in [2.24, 2.45) is 5.92 Å². The number of benzene rings is 1. The predicted octanol–water partition coefficient (Wildman–Crippen LogP) is 0.548. The molecule has 0 N–H and O–H groups in total. The number of carboxylic acid groups (broad SMARTS) is 1. The van der Waals surface area contributed by atoms with Crippen LogP contribution in [0.5, 0.6) is 0 Å². The van der Waals surface area contributed by atoms with Crippen LogP contribution in [0.1, 0.15) is 18.9 Å². The van der Waals surface area contributed by atoms with Gasteiger partial charge in [-0.15, -0.1) is 0 Å². The molecule has 1 rings (SSSR count). The first-order valence-electron chi connectivity index (χ1n) is 5.54. The summed E-state index contributed by atoms with van der Waals surface area (Å²) in [7, 11) is 0. The lowest BCUT2D eigenvalue weighted by Gasteiger charge is -2.17. The van der Waals surface area contributed by atoms with Crippen LogP contribution in [0.4, 0.5) is 0 Å². The standard InChI is InChI=1S/C13H16O4/c1-2-17-12(14)9-11(13(15)16)8-10-6-4-3-5-7-10/h3-7,11H,2,8-9H2,1H3,(H,15,16)/p-1/t11-/m1/s1. The van der Waals surface area contributed by atoms with Crippen LogP contribution in [-0.4, -0.2) is 18.5 Å². The summed E-state index contributed by atoms with van der Waals surface area (Å²) in [5.41, 5.74) is 0.867. The molecular formula is C13H15O4-. The summed E-state index contributed by atoms with van der Waals surface area (Å²) in [6, 6.07) is 9.14. The zero-order valence-electron chi connectivity index (χ0n) is 9.72. The Balaban J connectivity index is 2.61. The van der Waals surface area contributed by atoms with Gasteiger partial charge in [0, 0.05) is 11.9 Å². The number of hydrogen-bond donors (Lipinski definition) is 0. The molecule has 0 aliphatic heterocycles. The van der Waals surface area contributed by atoms with Crippen molar-refractivity contribution in [1.82, 2.24) is 0 Å². The van der Waals surface area contributed by atoms with Crippen LogP contribution in [0, 0.1) is 5.92 Å². The van der Waals surface area contributed by atoms with Crippen LogP contribution in [0.3, 0.4) is 0 Å². The Hall–Kier alpha value is -1.84. The monoisotopic (exact) mass is 235 g/mol. The van der Waals surface area contributed by atoms with Crippen molar-refractivity contribution < 1.29 is 19.4 Å². The number of aliphatic carboxylic acids is 1. The number of carbonyl (C=O) groups excluding carboxylic acids is 2. The van der Waals surface area contributed by atoms with E-state index in [4.69, 9.17) is 4.74 Å². The molecular weight excluding hydrogens is 220 g/mol. The average molecular weight is 235 g/mol. The number of rotatable bonds is 6. The van der Waals surface area contributed by atoms with E-state index in [1.54, 1.807) is 6.92 Å². The first kappa shape index (κ1) is 13.2. The third-order valence-corrected chi connectivity index (χ3v) is 2.38. The molecule has 0 bridgehead atoms. The Morgan fingerprint density at radius 3 is 2.47 bits per heavy atom. The molecule has 0 aliphatic carbocycles. The van der Waals surface area contributed by atoms with Gasteiger partial charge in [0.05, 0.1) is 13.0 Å². The summed E-state index contributed by atoms with van der Waals surface area (Å²) in [6.07, 6.45) is 0.132. The fraction of sp³-hybridized carbons (Fsp3) is 0.385. The van der Waals surface area contributed by atoms with Crippen molar-refractivity contribution in [3.63, 3.8) is 0 Å². The Bertz CT molecular complexity index is 372. The predicted molar refractivity (Wildman–Crippen MR) is 59.9 cm³/mol. The molecule has 92 valence electrons. The number of hydrogen-bond acceptors (Lipinski definition) is 4. The second kappa shape index (κ2) is 6.68. The van der Waals surface area contributed by atoms with Gasteiger partial charge in [0.15, 0.2) is 0 Å². The van der Waals surface area contributed by atoms with E-state index in [2.05, 4.69) is 0 Å². The summed E-state index contributed by atoms with van der Waals surface area (Å²) in [5, 5.41) is 10.9.